The number of carbonyl (C=O) groups is 2. The number of ether oxygens (including phenoxy) is 1. The smallest absolute Gasteiger partial charge is 0.330 e. The van der Waals surface area contributed by atoms with E-state index in [1.165, 1.54) is 32.4 Å². The Balaban J connectivity index is 1.91. The Hall–Kier alpha value is -1.12. The molecule has 0 aromatic rings. The molecule has 3 aliphatic rings. The van der Waals surface area contributed by atoms with Crippen molar-refractivity contribution in [1.82, 2.24) is 0 Å². The van der Waals surface area contributed by atoms with Crippen LogP contribution >= 0.6 is 0 Å². The first-order valence-electron chi connectivity index (χ1n) is 6.06. The van der Waals surface area contributed by atoms with Gasteiger partial charge in [0.1, 0.15) is 0 Å². The van der Waals surface area contributed by atoms with E-state index in [0.29, 0.717) is 17.8 Å². The number of carbonyl (C=O) groups excluding carboxylic acids is 2. The van der Waals surface area contributed by atoms with Crippen molar-refractivity contribution in [3.8, 4) is 0 Å². The molecule has 4 atom stereocenters. The van der Waals surface area contributed by atoms with E-state index in [4.69, 9.17) is 0 Å². The minimum Gasteiger partial charge on any atom is -0.466 e. The fourth-order valence-corrected chi connectivity index (χ4v) is 4.06. The fourth-order valence-electron chi connectivity index (χ4n) is 4.06. The van der Waals surface area contributed by atoms with Crippen LogP contribution in [-0.4, -0.2) is 18.9 Å². The minimum atomic E-state index is -0.384. The van der Waals surface area contributed by atoms with Crippen molar-refractivity contribution < 1.29 is 14.3 Å². The highest BCUT2D eigenvalue weighted by atomic mass is 16.5. The van der Waals surface area contributed by atoms with Crippen molar-refractivity contribution in [3.63, 3.8) is 0 Å². The van der Waals surface area contributed by atoms with Crippen molar-refractivity contribution in [2.24, 2.45) is 23.7 Å². The maximum absolute atomic E-state index is 12.1. The molecule has 0 saturated heterocycles. The van der Waals surface area contributed by atoms with Crippen LogP contribution in [0.2, 0.25) is 0 Å². The van der Waals surface area contributed by atoms with Crippen molar-refractivity contribution in [3.05, 3.63) is 11.6 Å². The lowest BCUT2D eigenvalue weighted by Gasteiger charge is -2.25. The normalized spacial score (nSPS) is 42.8. The molecule has 0 heterocycles. The quantitative estimate of drug-likeness (QED) is 0.499. The predicted octanol–water partition coefficient (Wildman–Crippen LogP) is 1.72. The molecule has 0 radical (unpaired) electrons. The van der Waals surface area contributed by atoms with Crippen LogP contribution in [0.15, 0.2) is 11.6 Å². The van der Waals surface area contributed by atoms with Crippen LogP contribution in [0.5, 0.6) is 0 Å². The molecule has 0 aliphatic heterocycles. The van der Waals surface area contributed by atoms with Crippen LogP contribution in [0, 0.1) is 23.7 Å². The van der Waals surface area contributed by atoms with Gasteiger partial charge in [-0.15, -0.1) is 0 Å². The maximum Gasteiger partial charge on any atom is 0.330 e. The van der Waals surface area contributed by atoms with Gasteiger partial charge in [-0.25, -0.2) is 4.79 Å². The Kier molecular flexibility index (Phi) is 2.16. The van der Waals surface area contributed by atoms with Crippen LogP contribution in [-0.2, 0) is 14.3 Å². The summed E-state index contributed by atoms with van der Waals surface area (Å²) in [5.41, 5.74) is 0.750. The highest BCUT2D eigenvalue weighted by molar-refractivity contribution is 6.05. The van der Waals surface area contributed by atoms with Crippen LogP contribution in [0.1, 0.15) is 25.7 Å². The lowest BCUT2D eigenvalue weighted by atomic mass is 9.78. The van der Waals surface area contributed by atoms with Gasteiger partial charge in [-0.2, -0.15) is 0 Å². The van der Waals surface area contributed by atoms with Gasteiger partial charge in [0.15, 0.2) is 5.78 Å². The molecule has 16 heavy (non-hydrogen) atoms. The summed E-state index contributed by atoms with van der Waals surface area (Å²) in [5, 5.41) is 0. The van der Waals surface area contributed by atoms with Gasteiger partial charge < -0.3 is 4.74 Å². The van der Waals surface area contributed by atoms with Gasteiger partial charge in [-0.1, -0.05) is 6.42 Å². The molecule has 0 aromatic heterocycles. The summed E-state index contributed by atoms with van der Waals surface area (Å²) in [4.78, 5) is 23.3. The SMILES string of the molecule is COC(=O)/C=C1\C(=O)[C@H]2C[C@@H]1[C@H]1CCC[C@H]12. The summed E-state index contributed by atoms with van der Waals surface area (Å²) in [6.45, 7) is 0. The number of allylic oxidation sites excluding steroid dienone is 1. The molecule has 3 fully saturated rings. The number of rotatable bonds is 1. The van der Waals surface area contributed by atoms with Gasteiger partial charge in [0.2, 0.25) is 0 Å². The number of methoxy groups -OCH3 is 1. The van der Waals surface area contributed by atoms with Crippen molar-refractivity contribution in [2.75, 3.05) is 7.11 Å². The Labute approximate surface area is 94.8 Å². The van der Waals surface area contributed by atoms with E-state index < -0.39 is 0 Å². The van der Waals surface area contributed by atoms with Crippen molar-refractivity contribution >= 4 is 11.8 Å². The molecular weight excluding hydrogens is 204 g/mol. The van der Waals surface area contributed by atoms with Crippen molar-refractivity contribution in [1.29, 1.82) is 0 Å². The van der Waals surface area contributed by atoms with Gasteiger partial charge in [-0.05, 0) is 37.0 Å². The predicted molar refractivity (Wildman–Crippen MR) is 57.5 cm³/mol. The second kappa shape index (κ2) is 3.44. The first-order valence-corrected chi connectivity index (χ1v) is 6.06. The standard InChI is InChI=1S/C13H16O3/c1-16-12(14)6-11-9-5-10(13(11)15)8-4-2-3-7(8)9/h6-10H,2-5H2,1H3/b11-6-/t7-,8+,9+,10-/m0/s1. The molecule has 0 unspecified atom stereocenters. The molecule has 3 heteroatoms. The number of Topliss-reactive ketones (excluding diaryl/α,β-unsaturated/α-hetero) is 1. The molecule has 3 saturated carbocycles. The van der Waals surface area contributed by atoms with Gasteiger partial charge >= 0.3 is 5.97 Å². The highest BCUT2D eigenvalue weighted by Crippen LogP contribution is 2.59. The summed E-state index contributed by atoms with van der Waals surface area (Å²) < 4.78 is 4.61. The second-order valence-electron chi connectivity index (χ2n) is 5.19. The second-order valence-corrected chi connectivity index (χ2v) is 5.19. The molecule has 0 aromatic carbocycles. The Bertz CT molecular complexity index is 383. The largest absolute Gasteiger partial charge is 0.466 e. The fraction of sp³-hybridized carbons (Fsp3) is 0.692. The molecule has 0 spiro atoms. The first kappa shape index (κ1) is 10.1. The summed E-state index contributed by atoms with van der Waals surface area (Å²) in [6, 6.07) is 0. The zero-order valence-corrected chi connectivity index (χ0v) is 9.44. The van der Waals surface area contributed by atoms with E-state index in [1.807, 2.05) is 0 Å². The number of fused-ring (bicyclic) bond motifs is 5. The van der Waals surface area contributed by atoms with E-state index in [2.05, 4.69) is 4.74 Å². The molecule has 0 amide bonds. The molecule has 0 N–H and O–H groups in total. The number of hydrogen-bond acceptors (Lipinski definition) is 3. The van der Waals surface area contributed by atoms with Crippen molar-refractivity contribution in [2.45, 2.75) is 25.7 Å². The van der Waals surface area contributed by atoms with E-state index in [1.54, 1.807) is 0 Å². The summed E-state index contributed by atoms with van der Waals surface area (Å²) in [5.74, 6) is 1.69. The third-order valence-corrected chi connectivity index (χ3v) is 4.66. The van der Waals surface area contributed by atoms with E-state index in [0.717, 1.165) is 12.0 Å². The van der Waals surface area contributed by atoms with E-state index in [9.17, 15) is 9.59 Å². The number of esters is 1. The minimum absolute atomic E-state index is 0.216. The average molecular weight is 220 g/mol. The maximum atomic E-state index is 12.1. The lowest BCUT2D eigenvalue weighted by Crippen LogP contribution is -2.27. The van der Waals surface area contributed by atoms with Crippen LogP contribution in [0.4, 0.5) is 0 Å². The zero-order chi connectivity index (χ0) is 11.3. The lowest BCUT2D eigenvalue weighted by molar-refractivity contribution is -0.135. The summed E-state index contributed by atoms with van der Waals surface area (Å²) >= 11 is 0. The number of hydrogen-bond donors (Lipinski definition) is 0. The molecular formula is C13H16O3. The summed E-state index contributed by atoms with van der Waals surface area (Å²) in [7, 11) is 1.36. The zero-order valence-electron chi connectivity index (χ0n) is 9.44. The van der Waals surface area contributed by atoms with Crippen LogP contribution < -0.4 is 0 Å². The average Bonchev–Trinajstić information content (AvgIpc) is 2.91. The van der Waals surface area contributed by atoms with E-state index in [-0.39, 0.29) is 17.7 Å². The van der Waals surface area contributed by atoms with Crippen LogP contribution in [0.25, 0.3) is 0 Å². The molecule has 3 rings (SSSR count). The third kappa shape index (κ3) is 1.20. The monoisotopic (exact) mass is 220 g/mol. The Morgan fingerprint density at radius 2 is 2.00 bits per heavy atom. The Morgan fingerprint density at radius 1 is 1.31 bits per heavy atom. The number of ketones is 1. The first-order chi connectivity index (χ1) is 7.72. The van der Waals surface area contributed by atoms with Gasteiger partial charge in [0.05, 0.1) is 7.11 Å². The van der Waals surface area contributed by atoms with Gasteiger partial charge in [-0.3, -0.25) is 4.79 Å². The molecule has 86 valence electrons. The molecule has 2 bridgehead atoms. The summed E-state index contributed by atoms with van der Waals surface area (Å²) in [6.07, 6.45) is 6.11. The topological polar surface area (TPSA) is 43.4 Å². The van der Waals surface area contributed by atoms with E-state index >= 15 is 0 Å². The van der Waals surface area contributed by atoms with Crippen LogP contribution in [0.3, 0.4) is 0 Å². The molecule has 3 nitrogen and oxygen atoms in total. The third-order valence-electron chi connectivity index (χ3n) is 4.66. The van der Waals surface area contributed by atoms with Gasteiger partial charge in [0.25, 0.3) is 0 Å². The Morgan fingerprint density at radius 3 is 2.69 bits per heavy atom. The van der Waals surface area contributed by atoms with Gasteiger partial charge in [0, 0.05) is 17.6 Å². The highest BCUT2D eigenvalue weighted by Gasteiger charge is 2.56. The molecule has 3 aliphatic carbocycles.